The van der Waals surface area contributed by atoms with E-state index in [0.29, 0.717) is 6.54 Å². The highest BCUT2D eigenvalue weighted by Crippen LogP contribution is 2.26. The Morgan fingerprint density at radius 3 is 3.11 bits per heavy atom. The Bertz CT molecular complexity index is 406. The zero-order chi connectivity index (χ0) is 13.0. The maximum Gasteiger partial charge on any atom is 0.387 e. The summed E-state index contributed by atoms with van der Waals surface area (Å²) < 4.78 is 28.6. The molecule has 1 amide bonds. The van der Waals surface area contributed by atoms with E-state index >= 15 is 0 Å². The number of alkyl halides is 2. The third-order valence-electron chi connectivity index (χ3n) is 2.68. The van der Waals surface area contributed by atoms with Crippen LogP contribution in [0.3, 0.4) is 0 Å². The number of amides is 1. The molecule has 1 unspecified atom stereocenters. The lowest BCUT2D eigenvalue weighted by Crippen LogP contribution is -2.45. The zero-order valence-electron chi connectivity index (χ0n) is 9.62. The summed E-state index contributed by atoms with van der Waals surface area (Å²) in [6.07, 6.45) is 1.89. The van der Waals surface area contributed by atoms with Crippen molar-refractivity contribution in [1.82, 2.24) is 10.6 Å². The normalized spacial score (nSPS) is 19.8. The van der Waals surface area contributed by atoms with Crippen LogP contribution in [0.25, 0.3) is 0 Å². The number of thiophene rings is 1. The summed E-state index contributed by atoms with van der Waals surface area (Å²) in [6.45, 7) is -1.25. The van der Waals surface area contributed by atoms with Gasteiger partial charge < -0.3 is 15.4 Å². The van der Waals surface area contributed by atoms with Gasteiger partial charge in [0, 0.05) is 12.6 Å². The summed E-state index contributed by atoms with van der Waals surface area (Å²) in [7, 11) is 0. The van der Waals surface area contributed by atoms with Gasteiger partial charge in [-0.05, 0) is 30.8 Å². The Kier molecular flexibility index (Phi) is 4.48. The SMILES string of the molecule is O=C(NC1CCCNC1)c1sccc1OC(F)F. The Morgan fingerprint density at radius 2 is 2.44 bits per heavy atom. The second kappa shape index (κ2) is 6.10. The van der Waals surface area contributed by atoms with Gasteiger partial charge in [-0.2, -0.15) is 8.78 Å². The van der Waals surface area contributed by atoms with Gasteiger partial charge in [0.05, 0.1) is 0 Å². The maximum absolute atomic E-state index is 12.1. The Morgan fingerprint density at radius 1 is 1.61 bits per heavy atom. The number of carbonyl (C=O) groups is 1. The molecule has 1 aromatic rings. The maximum atomic E-state index is 12.1. The van der Waals surface area contributed by atoms with Crippen LogP contribution in [0.2, 0.25) is 0 Å². The number of carbonyl (C=O) groups excluding carboxylic acids is 1. The van der Waals surface area contributed by atoms with E-state index < -0.39 is 6.61 Å². The average Bonchev–Trinajstić information content (AvgIpc) is 2.77. The van der Waals surface area contributed by atoms with Crippen LogP contribution in [0.15, 0.2) is 11.4 Å². The van der Waals surface area contributed by atoms with Crippen LogP contribution in [0.5, 0.6) is 5.75 Å². The van der Waals surface area contributed by atoms with Crippen molar-refractivity contribution in [2.45, 2.75) is 25.5 Å². The van der Waals surface area contributed by atoms with Crippen molar-refractivity contribution >= 4 is 17.2 Å². The minimum atomic E-state index is -2.91. The largest absolute Gasteiger partial charge is 0.433 e. The first-order chi connectivity index (χ1) is 8.66. The number of rotatable bonds is 4. The molecule has 1 aliphatic rings. The van der Waals surface area contributed by atoms with E-state index in [1.807, 2.05) is 0 Å². The molecule has 2 heterocycles. The quantitative estimate of drug-likeness (QED) is 0.882. The van der Waals surface area contributed by atoms with Gasteiger partial charge in [0.2, 0.25) is 0 Å². The highest BCUT2D eigenvalue weighted by molar-refractivity contribution is 7.12. The number of piperidine rings is 1. The predicted octanol–water partition coefficient (Wildman–Crippen LogP) is 1.83. The van der Waals surface area contributed by atoms with Gasteiger partial charge in [-0.1, -0.05) is 0 Å². The van der Waals surface area contributed by atoms with Crippen LogP contribution in [-0.4, -0.2) is 31.7 Å². The summed E-state index contributed by atoms with van der Waals surface area (Å²) in [4.78, 5) is 12.1. The Labute approximate surface area is 107 Å². The highest BCUT2D eigenvalue weighted by Gasteiger charge is 2.21. The molecule has 0 aromatic carbocycles. The smallest absolute Gasteiger partial charge is 0.387 e. The number of hydrogen-bond donors (Lipinski definition) is 2. The highest BCUT2D eigenvalue weighted by atomic mass is 32.1. The van der Waals surface area contributed by atoms with Crippen molar-refractivity contribution in [3.05, 3.63) is 16.3 Å². The van der Waals surface area contributed by atoms with E-state index in [2.05, 4.69) is 15.4 Å². The Balaban J connectivity index is 1.97. The van der Waals surface area contributed by atoms with Crippen LogP contribution >= 0.6 is 11.3 Å². The third kappa shape index (κ3) is 3.39. The zero-order valence-corrected chi connectivity index (χ0v) is 10.4. The second-order valence-electron chi connectivity index (χ2n) is 4.01. The fraction of sp³-hybridized carbons (Fsp3) is 0.545. The molecule has 0 radical (unpaired) electrons. The molecule has 1 fully saturated rings. The summed E-state index contributed by atoms with van der Waals surface area (Å²) in [5.41, 5.74) is 0. The number of ether oxygens (including phenoxy) is 1. The molecule has 1 aromatic heterocycles. The van der Waals surface area contributed by atoms with Crippen LogP contribution in [-0.2, 0) is 0 Å². The molecule has 1 aliphatic heterocycles. The van der Waals surface area contributed by atoms with Crippen molar-refractivity contribution in [2.75, 3.05) is 13.1 Å². The third-order valence-corrected chi connectivity index (χ3v) is 3.58. The molecule has 4 nitrogen and oxygen atoms in total. The molecule has 0 spiro atoms. The molecule has 0 aliphatic carbocycles. The molecule has 7 heteroatoms. The van der Waals surface area contributed by atoms with Gasteiger partial charge in [-0.3, -0.25) is 4.79 Å². The van der Waals surface area contributed by atoms with E-state index in [1.165, 1.54) is 6.07 Å². The van der Waals surface area contributed by atoms with Gasteiger partial charge in [0.15, 0.2) is 0 Å². The van der Waals surface area contributed by atoms with Crippen molar-refractivity contribution in [3.8, 4) is 5.75 Å². The standard InChI is InChI=1S/C11H14F2N2O2S/c12-11(13)17-8-3-5-18-9(8)10(16)15-7-2-1-4-14-6-7/h3,5,7,11,14H,1-2,4,6H2,(H,15,16). The van der Waals surface area contributed by atoms with Gasteiger partial charge in [0.1, 0.15) is 10.6 Å². The minimum Gasteiger partial charge on any atom is -0.433 e. The molecular formula is C11H14F2N2O2S. The summed E-state index contributed by atoms with van der Waals surface area (Å²) in [5, 5.41) is 7.55. The summed E-state index contributed by atoms with van der Waals surface area (Å²) >= 11 is 1.10. The predicted molar refractivity (Wildman–Crippen MR) is 64.3 cm³/mol. The average molecular weight is 276 g/mol. The number of nitrogens with one attached hydrogen (secondary N) is 2. The molecule has 1 saturated heterocycles. The minimum absolute atomic E-state index is 0.0488. The molecule has 100 valence electrons. The van der Waals surface area contributed by atoms with E-state index in [4.69, 9.17) is 0 Å². The van der Waals surface area contributed by atoms with Crippen LogP contribution in [0.1, 0.15) is 22.5 Å². The van der Waals surface area contributed by atoms with Crippen LogP contribution in [0, 0.1) is 0 Å². The molecular weight excluding hydrogens is 262 g/mol. The molecule has 2 N–H and O–H groups in total. The Hall–Kier alpha value is -1.21. The van der Waals surface area contributed by atoms with Crippen molar-refractivity contribution in [3.63, 3.8) is 0 Å². The lowest BCUT2D eigenvalue weighted by atomic mass is 10.1. The van der Waals surface area contributed by atoms with E-state index in [9.17, 15) is 13.6 Å². The monoisotopic (exact) mass is 276 g/mol. The molecule has 18 heavy (non-hydrogen) atoms. The number of halogens is 2. The van der Waals surface area contributed by atoms with Gasteiger partial charge in [0.25, 0.3) is 5.91 Å². The van der Waals surface area contributed by atoms with Crippen molar-refractivity contribution in [1.29, 1.82) is 0 Å². The first-order valence-electron chi connectivity index (χ1n) is 5.70. The lowest BCUT2D eigenvalue weighted by Gasteiger charge is -2.23. The van der Waals surface area contributed by atoms with Crippen LogP contribution < -0.4 is 15.4 Å². The second-order valence-corrected chi connectivity index (χ2v) is 4.93. The van der Waals surface area contributed by atoms with Crippen molar-refractivity contribution < 1.29 is 18.3 Å². The summed E-state index contributed by atoms with van der Waals surface area (Å²) in [6, 6.07) is 1.43. The molecule has 1 atom stereocenters. The molecule has 0 saturated carbocycles. The first kappa shape index (κ1) is 13.2. The van der Waals surface area contributed by atoms with Crippen molar-refractivity contribution in [2.24, 2.45) is 0 Å². The summed E-state index contributed by atoms with van der Waals surface area (Å²) in [5.74, 6) is -0.411. The molecule has 2 rings (SSSR count). The fourth-order valence-corrected chi connectivity index (χ4v) is 2.60. The van der Waals surface area contributed by atoms with Gasteiger partial charge in [-0.15, -0.1) is 11.3 Å². The van der Waals surface area contributed by atoms with Gasteiger partial charge in [-0.25, -0.2) is 0 Å². The number of hydrogen-bond acceptors (Lipinski definition) is 4. The fourth-order valence-electron chi connectivity index (χ4n) is 1.88. The first-order valence-corrected chi connectivity index (χ1v) is 6.58. The van der Waals surface area contributed by atoms with E-state index in [1.54, 1.807) is 5.38 Å². The van der Waals surface area contributed by atoms with E-state index in [-0.39, 0.29) is 22.6 Å². The van der Waals surface area contributed by atoms with Gasteiger partial charge >= 0.3 is 6.61 Å². The van der Waals surface area contributed by atoms with Crippen LogP contribution in [0.4, 0.5) is 8.78 Å². The van der Waals surface area contributed by atoms with E-state index in [0.717, 1.165) is 30.7 Å². The topological polar surface area (TPSA) is 50.4 Å². The lowest BCUT2D eigenvalue weighted by molar-refractivity contribution is -0.0498. The molecule has 0 bridgehead atoms.